The maximum Gasteiger partial charge on any atom is 0.123 e. The average molecular weight is 374 g/mol. The molecule has 0 aromatic heterocycles. The topological polar surface area (TPSA) is 41.5 Å². The quantitative estimate of drug-likeness (QED) is 0.647. The Hall–Kier alpha value is -1.65. The van der Waals surface area contributed by atoms with Crippen molar-refractivity contribution in [2.45, 2.75) is 63.4 Å². The summed E-state index contributed by atoms with van der Waals surface area (Å²) in [6.45, 7) is 6.62. The number of rotatable bonds is 7. The fraction of sp³-hybridized carbons (Fsp3) is 0.565. The summed E-state index contributed by atoms with van der Waals surface area (Å²) in [4.78, 5) is 0. The van der Waals surface area contributed by atoms with Crippen LogP contribution in [0.2, 0.25) is 0 Å². The summed E-state index contributed by atoms with van der Waals surface area (Å²) in [6.07, 6.45) is 9.74. The lowest BCUT2D eigenvalue weighted by Crippen LogP contribution is -2.46. The van der Waals surface area contributed by atoms with Gasteiger partial charge in [-0.3, -0.25) is 0 Å². The Kier molecular flexibility index (Phi) is 6.38. The lowest BCUT2D eigenvalue weighted by Gasteiger charge is -2.47. The minimum atomic E-state index is -0.191. The summed E-state index contributed by atoms with van der Waals surface area (Å²) < 4.78 is 19.6. The highest BCUT2D eigenvalue weighted by molar-refractivity contribution is 5.30. The highest BCUT2D eigenvalue weighted by atomic mass is 19.1. The molecular formula is C23H32FNO2. The van der Waals surface area contributed by atoms with Gasteiger partial charge in [-0.2, -0.15) is 0 Å². The van der Waals surface area contributed by atoms with E-state index in [1.54, 1.807) is 12.1 Å². The van der Waals surface area contributed by atoms with Crippen molar-refractivity contribution >= 4 is 0 Å². The molecule has 0 bridgehead atoms. The van der Waals surface area contributed by atoms with Crippen LogP contribution in [0.15, 0.2) is 47.7 Å². The molecule has 0 amide bonds. The summed E-state index contributed by atoms with van der Waals surface area (Å²) in [7, 11) is 0. The summed E-state index contributed by atoms with van der Waals surface area (Å²) in [5.41, 5.74) is 2.04. The highest BCUT2D eigenvalue weighted by Crippen LogP contribution is 2.45. The molecule has 3 nitrogen and oxygen atoms in total. The van der Waals surface area contributed by atoms with Crippen LogP contribution in [-0.2, 0) is 10.2 Å². The van der Waals surface area contributed by atoms with Crippen molar-refractivity contribution in [3.63, 3.8) is 0 Å². The maximum atomic E-state index is 13.5. The van der Waals surface area contributed by atoms with Crippen LogP contribution in [0.4, 0.5) is 4.39 Å². The van der Waals surface area contributed by atoms with Crippen molar-refractivity contribution < 1.29 is 14.2 Å². The molecule has 27 heavy (non-hydrogen) atoms. The molecule has 4 heteroatoms. The minimum absolute atomic E-state index is 0.0114. The Bertz CT molecular complexity index is 697. The normalized spacial score (nSPS) is 28.6. The fourth-order valence-corrected chi connectivity index (χ4v) is 4.41. The monoisotopic (exact) mass is 373 g/mol. The van der Waals surface area contributed by atoms with Crippen LogP contribution in [0.25, 0.3) is 0 Å². The number of hydrogen-bond acceptors (Lipinski definition) is 3. The Morgan fingerprint density at radius 1 is 1.19 bits per heavy atom. The van der Waals surface area contributed by atoms with Gasteiger partial charge in [0.15, 0.2) is 0 Å². The van der Waals surface area contributed by atoms with E-state index in [1.807, 2.05) is 18.2 Å². The Labute approximate surface area is 162 Å². The molecule has 1 heterocycles. The first-order valence-electron chi connectivity index (χ1n) is 10.2. The summed E-state index contributed by atoms with van der Waals surface area (Å²) in [6, 6.07) is 7.02. The predicted molar refractivity (Wildman–Crippen MR) is 107 cm³/mol. The van der Waals surface area contributed by atoms with Crippen LogP contribution in [0.5, 0.6) is 0 Å². The average Bonchev–Trinajstić information content (AvgIpc) is 2.67. The lowest BCUT2D eigenvalue weighted by molar-refractivity contribution is -0.0979. The first-order valence-corrected chi connectivity index (χ1v) is 10.2. The second-order valence-corrected chi connectivity index (χ2v) is 8.19. The molecule has 0 radical (unpaired) electrons. The number of halogens is 1. The predicted octanol–water partition coefficient (Wildman–Crippen LogP) is 5.18. The van der Waals surface area contributed by atoms with Crippen molar-refractivity contribution in [3.05, 3.63) is 59.1 Å². The van der Waals surface area contributed by atoms with E-state index in [1.165, 1.54) is 5.56 Å². The van der Waals surface area contributed by atoms with Gasteiger partial charge in [0.25, 0.3) is 0 Å². The molecule has 3 rings (SSSR count). The van der Waals surface area contributed by atoms with Gasteiger partial charge in [-0.15, -0.1) is 0 Å². The van der Waals surface area contributed by atoms with Crippen LogP contribution in [0.1, 0.15) is 57.9 Å². The molecule has 1 fully saturated rings. The Balaban J connectivity index is 1.70. The van der Waals surface area contributed by atoms with Crippen molar-refractivity contribution in [1.82, 2.24) is 5.32 Å². The van der Waals surface area contributed by atoms with Crippen LogP contribution in [-0.4, -0.2) is 30.4 Å². The number of aliphatic hydroxyl groups excluding tert-OH is 1. The smallest absolute Gasteiger partial charge is 0.123 e. The lowest BCUT2D eigenvalue weighted by atomic mass is 9.66. The van der Waals surface area contributed by atoms with E-state index < -0.39 is 0 Å². The van der Waals surface area contributed by atoms with Gasteiger partial charge in [-0.05, 0) is 75.8 Å². The first-order chi connectivity index (χ1) is 13.0. The number of hydrogen-bond donors (Lipinski definition) is 2. The van der Waals surface area contributed by atoms with Crippen molar-refractivity contribution in [2.75, 3.05) is 19.7 Å². The van der Waals surface area contributed by atoms with Gasteiger partial charge in [0.05, 0.1) is 5.60 Å². The van der Waals surface area contributed by atoms with E-state index in [2.05, 4.69) is 25.2 Å². The van der Waals surface area contributed by atoms with Gasteiger partial charge in [0, 0.05) is 24.1 Å². The standard InChI is InChI=1S/C23H32FNO2/c1-3-22(2)17-23(13-15-27-22,19-8-10-20(24)11-9-19)12-14-25-16-18-6-4-5-7-21(18)26/h6-11,25-26H,3-5,12-17H2,1-2H3. The maximum absolute atomic E-state index is 13.5. The zero-order valence-electron chi connectivity index (χ0n) is 16.6. The first kappa shape index (κ1) is 20.1. The number of allylic oxidation sites excluding steroid dienone is 2. The van der Waals surface area contributed by atoms with Crippen LogP contribution < -0.4 is 5.32 Å². The molecule has 2 aliphatic rings. The summed E-state index contributed by atoms with van der Waals surface area (Å²) in [5.74, 6) is 0.218. The van der Waals surface area contributed by atoms with Crippen molar-refractivity contribution in [2.24, 2.45) is 0 Å². The molecule has 0 saturated carbocycles. The molecule has 1 aliphatic heterocycles. The molecule has 2 atom stereocenters. The fourth-order valence-electron chi connectivity index (χ4n) is 4.41. The van der Waals surface area contributed by atoms with Gasteiger partial charge in [0.2, 0.25) is 0 Å². The molecule has 2 unspecified atom stereocenters. The number of benzene rings is 1. The van der Waals surface area contributed by atoms with E-state index in [0.717, 1.165) is 57.2 Å². The van der Waals surface area contributed by atoms with E-state index in [0.29, 0.717) is 12.3 Å². The van der Waals surface area contributed by atoms with Gasteiger partial charge in [-0.1, -0.05) is 25.1 Å². The molecule has 1 aromatic rings. The van der Waals surface area contributed by atoms with E-state index in [9.17, 15) is 9.50 Å². The Morgan fingerprint density at radius 2 is 1.93 bits per heavy atom. The second-order valence-electron chi connectivity index (χ2n) is 8.19. The summed E-state index contributed by atoms with van der Waals surface area (Å²) in [5, 5.41) is 13.5. The minimum Gasteiger partial charge on any atom is -0.508 e. The van der Waals surface area contributed by atoms with Crippen LogP contribution >= 0.6 is 0 Å². The summed E-state index contributed by atoms with van der Waals surface area (Å²) >= 11 is 0. The molecule has 1 saturated heterocycles. The molecule has 1 aliphatic carbocycles. The van der Waals surface area contributed by atoms with E-state index >= 15 is 0 Å². The number of nitrogens with one attached hydrogen (secondary N) is 1. The van der Waals surface area contributed by atoms with E-state index in [-0.39, 0.29) is 16.8 Å². The van der Waals surface area contributed by atoms with Gasteiger partial charge in [0.1, 0.15) is 11.6 Å². The van der Waals surface area contributed by atoms with Crippen LogP contribution in [0.3, 0.4) is 0 Å². The van der Waals surface area contributed by atoms with Crippen LogP contribution in [0, 0.1) is 5.82 Å². The van der Waals surface area contributed by atoms with Crippen molar-refractivity contribution in [1.29, 1.82) is 0 Å². The van der Waals surface area contributed by atoms with Crippen molar-refractivity contribution in [3.8, 4) is 0 Å². The molecule has 0 spiro atoms. The molecular weight excluding hydrogens is 341 g/mol. The van der Waals surface area contributed by atoms with Gasteiger partial charge >= 0.3 is 0 Å². The molecule has 2 N–H and O–H groups in total. The zero-order chi connectivity index (χ0) is 19.3. The van der Waals surface area contributed by atoms with E-state index in [4.69, 9.17) is 4.74 Å². The zero-order valence-corrected chi connectivity index (χ0v) is 16.6. The SMILES string of the molecule is CCC1(C)CC(CCNCC2=CCCC=C2O)(c2ccc(F)cc2)CCO1. The van der Waals surface area contributed by atoms with Gasteiger partial charge < -0.3 is 15.2 Å². The molecule has 1 aromatic carbocycles. The number of ether oxygens (including phenoxy) is 1. The highest BCUT2D eigenvalue weighted by Gasteiger charge is 2.43. The third kappa shape index (κ3) is 4.80. The molecule has 148 valence electrons. The third-order valence-corrected chi connectivity index (χ3v) is 6.27. The van der Waals surface area contributed by atoms with Gasteiger partial charge in [-0.25, -0.2) is 4.39 Å². The number of aliphatic hydroxyl groups is 1. The Morgan fingerprint density at radius 3 is 2.63 bits per heavy atom. The second kappa shape index (κ2) is 8.57. The largest absolute Gasteiger partial charge is 0.508 e. The third-order valence-electron chi connectivity index (χ3n) is 6.27.